The van der Waals surface area contributed by atoms with Crippen molar-refractivity contribution in [2.45, 2.75) is 26.8 Å². The van der Waals surface area contributed by atoms with Crippen LogP contribution in [-0.2, 0) is 0 Å². The van der Waals surface area contributed by atoms with E-state index in [4.69, 9.17) is 14.2 Å². The first kappa shape index (κ1) is 18.6. The lowest BCUT2D eigenvalue weighted by Crippen LogP contribution is -2.00. The zero-order valence-corrected chi connectivity index (χ0v) is 15.2. The Hall–Kier alpha value is -2.69. The molecule has 25 heavy (non-hydrogen) atoms. The number of benzene rings is 2. The summed E-state index contributed by atoms with van der Waals surface area (Å²) in [5, 5.41) is 10.1. The minimum atomic E-state index is -0.0968. The van der Waals surface area contributed by atoms with Gasteiger partial charge in [-0.25, -0.2) is 0 Å². The average Bonchev–Trinajstić information content (AvgIpc) is 2.62. The first-order valence-electron chi connectivity index (χ1n) is 8.39. The molecule has 0 spiro atoms. The molecule has 2 aromatic carbocycles. The summed E-state index contributed by atoms with van der Waals surface area (Å²) in [6.45, 7) is 7.02. The van der Waals surface area contributed by atoms with Gasteiger partial charge in [0.05, 0.1) is 26.4 Å². The number of phenolic OH excluding ortho intramolecular Hbond substituents is 1. The molecule has 134 valence electrons. The summed E-state index contributed by atoms with van der Waals surface area (Å²) in [6.07, 6.45) is 1.65. The van der Waals surface area contributed by atoms with Crippen LogP contribution in [0.4, 0.5) is 0 Å². The Balaban J connectivity index is 2.23. The fourth-order valence-electron chi connectivity index (χ4n) is 2.41. The Morgan fingerprint density at radius 3 is 2.44 bits per heavy atom. The first-order chi connectivity index (χ1) is 12.1. The molecule has 0 saturated heterocycles. The fourth-order valence-corrected chi connectivity index (χ4v) is 2.41. The monoisotopic (exact) mass is 343 g/mol. The largest absolute Gasteiger partial charge is 0.504 e. The normalized spacial score (nSPS) is 12.2. The molecule has 0 saturated carbocycles. The van der Waals surface area contributed by atoms with Crippen molar-refractivity contribution in [2.24, 2.45) is 4.99 Å². The Labute approximate surface area is 148 Å². The SMILES string of the molecule is CCOc1ccc([C@@H](C)N=Cc2cccc(OC)c2O)cc1OCC. The van der Waals surface area contributed by atoms with Gasteiger partial charge < -0.3 is 19.3 Å². The van der Waals surface area contributed by atoms with Crippen molar-refractivity contribution in [1.82, 2.24) is 0 Å². The van der Waals surface area contributed by atoms with Crippen molar-refractivity contribution in [3.8, 4) is 23.0 Å². The molecule has 0 heterocycles. The van der Waals surface area contributed by atoms with Crippen molar-refractivity contribution in [3.05, 3.63) is 47.5 Å². The summed E-state index contributed by atoms with van der Waals surface area (Å²) < 4.78 is 16.4. The van der Waals surface area contributed by atoms with Gasteiger partial charge in [0.2, 0.25) is 0 Å². The van der Waals surface area contributed by atoms with Crippen LogP contribution >= 0.6 is 0 Å². The van der Waals surface area contributed by atoms with E-state index in [0.717, 1.165) is 11.3 Å². The molecule has 0 aromatic heterocycles. The number of ether oxygens (including phenoxy) is 3. The lowest BCUT2D eigenvalue weighted by Gasteiger charge is -2.14. The summed E-state index contributed by atoms with van der Waals surface area (Å²) >= 11 is 0. The molecule has 5 nitrogen and oxygen atoms in total. The summed E-state index contributed by atoms with van der Waals surface area (Å²) in [7, 11) is 1.52. The maximum absolute atomic E-state index is 10.1. The zero-order valence-electron chi connectivity index (χ0n) is 15.2. The lowest BCUT2D eigenvalue weighted by molar-refractivity contribution is 0.287. The molecule has 0 unspecified atom stereocenters. The molecule has 0 aliphatic heterocycles. The molecule has 2 rings (SSSR count). The van der Waals surface area contributed by atoms with Crippen LogP contribution in [-0.4, -0.2) is 31.6 Å². The van der Waals surface area contributed by atoms with Crippen LogP contribution in [0.25, 0.3) is 0 Å². The van der Waals surface area contributed by atoms with Crippen LogP contribution in [0.15, 0.2) is 41.4 Å². The summed E-state index contributed by atoms with van der Waals surface area (Å²) in [5.41, 5.74) is 1.62. The average molecular weight is 343 g/mol. The number of hydrogen-bond donors (Lipinski definition) is 1. The van der Waals surface area contributed by atoms with E-state index in [9.17, 15) is 5.11 Å². The molecule has 1 N–H and O–H groups in total. The van der Waals surface area contributed by atoms with Gasteiger partial charge in [-0.2, -0.15) is 0 Å². The molecule has 0 aliphatic carbocycles. The van der Waals surface area contributed by atoms with Gasteiger partial charge >= 0.3 is 0 Å². The fraction of sp³-hybridized carbons (Fsp3) is 0.350. The van der Waals surface area contributed by atoms with E-state index in [-0.39, 0.29) is 11.8 Å². The van der Waals surface area contributed by atoms with Crippen molar-refractivity contribution in [3.63, 3.8) is 0 Å². The second-order valence-corrected chi connectivity index (χ2v) is 5.42. The number of methoxy groups -OCH3 is 1. The number of para-hydroxylation sites is 1. The number of hydrogen-bond acceptors (Lipinski definition) is 5. The highest BCUT2D eigenvalue weighted by Crippen LogP contribution is 2.32. The molecule has 5 heteroatoms. The van der Waals surface area contributed by atoms with Gasteiger partial charge in [0.1, 0.15) is 0 Å². The maximum atomic E-state index is 10.1. The summed E-state index contributed by atoms with van der Waals surface area (Å²) in [5.74, 6) is 1.96. The smallest absolute Gasteiger partial charge is 0.166 e. The van der Waals surface area contributed by atoms with Gasteiger partial charge in [0.25, 0.3) is 0 Å². The lowest BCUT2D eigenvalue weighted by atomic mass is 10.1. The highest BCUT2D eigenvalue weighted by molar-refractivity contribution is 5.85. The molecule has 0 aliphatic rings. The zero-order chi connectivity index (χ0) is 18.2. The highest BCUT2D eigenvalue weighted by Gasteiger charge is 2.11. The van der Waals surface area contributed by atoms with Gasteiger partial charge in [-0.15, -0.1) is 0 Å². The maximum Gasteiger partial charge on any atom is 0.166 e. The quantitative estimate of drug-likeness (QED) is 0.723. The van der Waals surface area contributed by atoms with Crippen LogP contribution in [0, 0.1) is 0 Å². The third-order valence-electron chi connectivity index (χ3n) is 3.74. The number of rotatable bonds is 8. The molecule has 0 bridgehead atoms. The molecule has 1 atom stereocenters. The molecular formula is C20H25NO4. The van der Waals surface area contributed by atoms with Gasteiger partial charge in [-0.05, 0) is 50.6 Å². The molecular weight excluding hydrogens is 318 g/mol. The molecule has 0 radical (unpaired) electrons. The van der Waals surface area contributed by atoms with Crippen molar-refractivity contribution in [2.75, 3.05) is 20.3 Å². The van der Waals surface area contributed by atoms with E-state index in [1.807, 2.05) is 45.0 Å². The molecule has 0 amide bonds. The number of aliphatic imine (C=N–C) groups is 1. The highest BCUT2D eigenvalue weighted by atomic mass is 16.5. The Morgan fingerprint density at radius 2 is 1.76 bits per heavy atom. The third kappa shape index (κ3) is 4.66. The predicted octanol–water partition coefficient (Wildman–Crippen LogP) is 4.38. The standard InChI is InChI=1S/C20H25NO4/c1-5-24-17-11-10-15(12-19(17)25-6-2)14(3)21-13-16-8-7-9-18(23-4)20(16)22/h7-14,22H,5-6H2,1-4H3/t14-/m1/s1. The van der Waals surface area contributed by atoms with Crippen LogP contribution in [0.1, 0.15) is 37.9 Å². The predicted molar refractivity (Wildman–Crippen MR) is 99.4 cm³/mol. The van der Waals surface area contributed by atoms with E-state index in [1.54, 1.807) is 18.3 Å². The van der Waals surface area contributed by atoms with Crippen LogP contribution in [0.5, 0.6) is 23.0 Å². The van der Waals surface area contributed by atoms with Gasteiger partial charge in [-0.3, -0.25) is 4.99 Å². The molecule has 0 fully saturated rings. The van der Waals surface area contributed by atoms with Crippen LogP contribution < -0.4 is 14.2 Å². The van der Waals surface area contributed by atoms with E-state index in [2.05, 4.69) is 4.99 Å². The van der Waals surface area contributed by atoms with Gasteiger partial charge in [-0.1, -0.05) is 12.1 Å². The van der Waals surface area contributed by atoms with Gasteiger partial charge in [0.15, 0.2) is 23.0 Å². The summed E-state index contributed by atoms with van der Waals surface area (Å²) in [6, 6.07) is 11.0. The number of aromatic hydroxyl groups is 1. The van der Waals surface area contributed by atoms with Crippen molar-refractivity contribution in [1.29, 1.82) is 0 Å². The van der Waals surface area contributed by atoms with E-state index >= 15 is 0 Å². The first-order valence-corrected chi connectivity index (χ1v) is 8.39. The van der Waals surface area contributed by atoms with Crippen molar-refractivity contribution < 1.29 is 19.3 Å². The minimum Gasteiger partial charge on any atom is -0.504 e. The van der Waals surface area contributed by atoms with E-state index < -0.39 is 0 Å². The molecule has 2 aromatic rings. The topological polar surface area (TPSA) is 60.3 Å². The van der Waals surface area contributed by atoms with E-state index in [0.29, 0.717) is 30.3 Å². The third-order valence-corrected chi connectivity index (χ3v) is 3.74. The van der Waals surface area contributed by atoms with Crippen molar-refractivity contribution >= 4 is 6.21 Å². The Bertz CT molecular complexity index is 728. The van der Waals surface area contributed by atoms with Crippen LogP contribution in [0.3, 0.4) is 0 Å². The summed E-state index contributed by atoms with van der Waals surface area (Å²) in [4.78, 5) is 4.54. The Kier molecular flexibility index (Phi) is 6.69. The van der Waals surface area contributed by atoms with Gasteiger partial charge in [0, 0.05) is 11.8 Å². The second-order valence-electron chi connectivity index (χ2n) is 5.42. The Morgan fingerprint density at radius 1 is 1.04 bits per heavy atom. The minimum absolute atomic E-state index is 0.0858. The van der Waals surface area contributed by atoms with Crippen LogP contribution in [0.2, 0.25) is 0 Å². The second kappa shape index (κ2) is 8.97. The number of phenols is 1. The van der Waals surface area contributed by atoms with E-state index in [1.165, 1.54) is 7.11 Å². The number of nitrogens with zero attached hydrogens (tertiary/aromatic N) is 1.